The lowest BCUT2D eigenvalue weighted by Gasteiger charge is -2.54. The lowest BCUT2D eigenvalue weighted by atomic mass is 9.72. The Hall–Kier alpha value is -5.74. The van der Waals surface area contributed by atoms with Crippen molar-refractivity contribution in [2.45, 2.75) is 44.8 Å². The fraction of sp³-hybridized carbons (Fsp3) is 0.386. The van der Waals surface area contributed by atoms with E-state index in [1.165, 1.54) is 11.8 Å². The van der Waals surface area contributed by atoms with Crippen molar-refractivity contribution in [3.05, 3.63) is 89.0 Å². The maximum atomic E-state index is 13.6. The van der Waals surface area contributed by atoms with E-state index in [1.54, 1.807) is 31.5 Å². The summed E-state index contributed by atoms with van der Waals surface area (Å²) in [6, 6.07) is 14.6. The van der Waals surface area contributed by atoms with Crippen molar-refractivity contribution < 1.29 is 28.7 Å². The molecule has 8 heterocycles. The van der Waals surface area contributed by atoms with Gasteiger partial charge in [-0.2, -0.15) is 0 Å². The topological polar surface area (TPSA) is 164 Å². The average Bonchev–Trinajstić information content (AvgIpc) is 3.86. The van der Waals surface area contributed by atoms with Gasteiger partial charge in [-0.05, 0) is 66.3 Å². The second kappa shape index (κ2) is 15.7. The molecule has 0 radical (unpaired) electrons. The van der Waals surface area contributed by atoms with Crippen LogP contribution in [0.5, 0.6) is 0 Å². The maximum Gasteiger partial charge on any atom is 0.328 e. The van der Waals surface area contributed by atoms with Crippen LogP contribution in [0.1, 0.15) is 54.2 Å². The standard InChI is InChI=1S/C44H46ClN9O6/c1-27(55)48-39-19-31-32(23-51(2)37(31)21-47-39)35-16-30(18-38(49-35)44(59-3)11-15-60-26-44)34-7-4-28(20-46-34)22-52-24-43(25-52)9-13-53(14-10-43)41(57)29-5-6-33(45)36(17-29)54-12-8-40(56)50-42(54)58/h4-7,16-21,23H,8-15,22,24-26H2,1-3H3,(H,47,48,55)(H,50,56,58)/t44-/m0/s1. The largest absolute Gasteiger partial charge is 0.378 e. The predicted octanol–water partition coefficient (Wildman–Crippen LogP) is 5.76. The summed E-state index contributed by atoms with van der Waals surface area (Å²) in [6.45, 7) is 6.63. The number of urea groups is 1. The van der Waals surface area contributed by atoms with Gasteiger partial charge in [0, 0.05) is 114 Å². The zero-order chi connectivity index (χ0) is 41.8. The number of methoxy groups -OCH3 is 1. The van der Waals surface area contributed by atoms with Gasteiger partial charge in [0.25, 0.3) is 5.91 Å². The minimum atomic E-state index is -0.690. The number of carbonyl (C=O) groups is 4. The van der Waals surface area contributed by atoms with Crippen molar-refractivity contribution in [3.8, 4) is 22.5 Å². The molecule has 4 fully saturated rings. The summed E-state index contributed by atoms with van der Waals surface area (Å²) < 4.78 is 13.9. The minimum absolute atomic E-state index is 0.0912. The number of carbonyl (C=O) groups excluding carboxylic acids is 4. The number of fused-ring (bicyclic) bond motifs is 1. The molecule has 1 spiro atoms. The third kappa shape index (κ3) is 7.51. The van der Waals surface area contributed by atoms with Gasteiger partial charge in [0.2, 0.25) is 11.8 Å². The van der Waals surface area contributed by atoms with Crippen molar-refractivity contribution in [1.82, 2.24) is 34.6 Å². The van der Waals surface area contributed by atoms with E-state index in [0.717, 1.165) is 77.2 Å². The molecule has 2 N–H and O–H groups in total. The van der Waals surface area contributed by atoms with Crippen LogP contribution in [0.3, 0.4) is 0 Å². The lowest BCUT2D eigenvalue weighted by molar-refractivity contribution is -0.120. The number of nitrogens with one attached hydrogen (secondary N) is 2. The molecule has 5 aromatic rings. The Labute approximate surface area is 352 Å². The number of likely N-dealkylation sites (tertiary alicyclic amines) is 2. The van der Waals surface area contributed by atoms with Gasteiger partial charge in [0.1, 0.15) is 11.4 Å². The third-order valence-corrected chi connectivity index (χ3v) is 12.7. The van der Waals surface area contributed by atoms with Crippen molar-refractivity contribution in [2.75, 3.05) is 63.3 Å². The summed E-state index contributed by atoms with van der Waals surface area (Å²) in [7, 11) is 3.66. The second-order valence-corrected chi connectivity index (χ2v) is 16.9. The van der Waals surface area contributed by atoms with Gasteiger partial charge >= 0.3 is 6.03 Å². The Morgan fingerprint density at radius 3 is 2.50 bits per heavy atom. The number of amides is 5. The molecule has 0 unspecified atom stereocenters. The number of hydrogen-bond acceptors (Lipinski definition) is 10. The van der Waals surface area contributed by atoms with Crippen LogP contribution in [0.4, 0.5) is 16.3 Å². The molecule has 0 aliphatic carbocycles. The number of nitrogens with zero attached hydrogens (tertiary/aromatic N) is 7. The van der Waals surface area contributed by atoms with Gasteiger partial charge in [-0.15, -0.1) is 0 Å². The summed E-state index contributed by atoms with van der Waals surface area (Å²) >= 11 is 6.43. The summed E-state index contributed by atoms with van der Waals surface area (Å²) in [5.74, 6) is -0.142. The zero-order valence-electron chi connectivity index (χ0n) is 33.8. The first-order valence-electron chi connectivity index (χ1n) is 20.2. The summed E-state index contributed by atoms with van der Waals surface area (Å²) in [5.41, 5.74) is 6.54. The highest BCUT2D eigenvalue weighted by molar-refractivity contribution is 6.34. The molecular formula is C44H46ClN9O6. The van der Waals surface area contributed by atoms with Crippen LogP contribution in [0.25, 0.3) is 33.4 Å². The predicted molar refractivity (Wildman–Crippen MR) is 225 cm³/mol. The molecule has 5 amide bonds. The number of aromatic nitrogens is 4. The Morgan fingerprint density at radius 2 is 1.80 bits per heavy atom. The molecule has 16 heteroatoms. The molecule has 1 atom stereocenters. The summed E-state index contributed by atoms with van der Waals surface area (Å²) in [4.78, 5) is 69.9. The third-order valence-electron chi connectivity index (χ3n) is 12.4. The van der Waals surface area contributed by atoms with E-state index >= 15 is 0 Å². The zero-order valence-corrected chi connectivity index (χ0v) is 34.6. The van der Waals surface area contributed by atoms with E-state index in [9.17, 15) is 19.2 Å². The van der Waals surface area contributed by atoms with Gasteiger partial charge in [-0.1, -0.05) is 17.7 Å². The number of hydrogen-bond donors (Lipinski definition) is 2. The normalized spacial score (nSPS) is 20.4. The van der Waals surface area contributed by atoms with Gasteiger partial charge in [-0.3, -0.25) is 34.5 Å². The summed E-state index contributed by atoms with van der Waals surface area (Å²) in [5, 5.41) is 6.37. The molecule has 4 aliphatic rings. The number of anilines is 2. The van der Waals surface area contributed by atoms with Crippen LogP contribution in [-0.2, 0) is 38.3 Å². The maximum absolute atomic E-state index is 13.6. The van der Waals surface area contributed by atoms with Crippen LogP contribution in [0.15, 0.2) is 67.1 Å². The fourth-order valence-corrected chi connectivity index (χ4v) is 9.30. The number of piperidine rings is 1. The Kier molecular flexibility index (Phi) is 10.4. The first-order chi connectivity index (χ1) is 28.9. The quantitative estimate of drug-likeness (QED) is 0.187. The number of pyridine rings is 3. The molecule has 4 aliphatic heterocycles. The monoisotopic (exact) mass is 831 g/mol. The highest BCUT2D eigenvalue weighted by Crippen LogP contribution is 2.42. The van der Waals surface area contributed by atoms with E-state index in [0.29, 0.717) is 54.8 Å². The first kappa shape index (κ1) is 39.7. The van der Waals surface area contributed by atoms with E-state index < -0.39 is 11.6 Å². The molecule has 1 aromatic carbocycles. The summed E-state index contributed by atoms with van der Waals surface area (Å²) in [6.07, 6.45) is 8.40. The SMILES string of the molecule is CO[C@@]1(c2cc(-c3ccc(CN4CC5(CCN(C(=O)c6ccc(Cl)c(N7CCC(=O)NC7=O)c6)CC5)C4)cn3)cc(-c3cn(C)c4cnc(NC(C)=O)cc34)n2)CCOC1. The second-order valence-electron chi connectivity index (χ2n) is 16.5. The Bertz CT molecular complexity index is 2520. The molecule has 0 bridgehead atoms. The van der Waals surface area contributed by atoms with E-state index in [-0.39, 0.29) is 36.1 Å². The average molecular weight is 832 g/mol. The van der Waals surface area contributed by atoms with E-state index in [4.69, 9.17) is 31.0 Å². The number of benzene rings is 1. The van der Waals surface area contributed by atoms with Gasteiger partial charge in [-0.25, -0.2) is 14.8 Å². The highest BCUT2D eigenvalue weighted by Gasteiger charge is 2.45. The number of halogens is 1. The molecule has 60 heavy (non-hydrogen) atoms. The molecule has 9 rings (SSSR count). The molecule has 4 aromatic heterocycles. The Morgan fingerprint density at radius 1 is 0.983 bits per heavy atom. The van der Waals surface area contributed by atoms with E-state index in [2.05, 4.69) is 44.8 Å². The van der Waals surface area contributed by atoms with Gasteiger partial charge in [0.15, 0.2) is 0 Å². The smallest absolute Gasteiger partial charge is 0.328 e. The van der Waals surface area contributed by atoms with E-state index in [1.807, 2.05) is 35.0 Å². The first-order valence-corrected chi connectivity index (χ1v) is 20.6. The Balaban J connectivity index is 0.874. The molecule has 310 valence electrons. The van der Waals surface area contributed by atoms with Crippen LogP contribution in [-0.4, -0.2) is 106 Å². The minimum Gasteiger partial charge on any atom is -0.378 e. The van der Waals surface area contributed by atoms with Crippen LogP contribution in [0.2, 0.25) is 5.02 Å². The van der Waals surface area contributed by atoms with Crippen LogP contribution in [0, 0.1) is 5.41 Å². The lowest BCUT2D eigenvalue weighted by Crippen LogP contribution is -2.60. The molecule has 0 saturated carbocycles. The molecule has 4 saturated heterocycles. The fourth-order valence-electron chi connectivity index (χ4n) is 9.08. The number of imide groups is 1. The van der Waals surface area contributed by atoms with Crippen molar-refractivity contribution >= 4 is 57.8 Å². The van der Waals surface area contributed by atoms with Crippen LogP contribution >= 0.6 is 11.6 Å². The van der Waals surface area contributed by atoms with Crippen molar-refractivity contribution in [1.29, 1.82) is 0 Å². The van der Waals surface area contributed by atoms with Crippen molar-refractivity contribution in [2.24, 2.45) is 12.5 Å². The number of rotatable bonds is 9. The van der Waals surface area contributed by atoms with Gasteiger partial charge in [0.05, 0.1) is 46.1 Å². The van der Waals surface area contributed by atoms with Crippen molar-refractivity contribution in [3.63, 3.8) is 0 Å². The number of ether oxygens (including phenoxy) is 2. The number of aryl methyl sites for hydroxylation is 1. The molecular weight excluding hydrogens is 786 g/mol. The van der Waals surface area contributed by atoms with Gasteiger partial charge < -0.3 is 24.3 Å². The van der Waals surface area contributed by atoms with Crippen LogP contribution < -0.4 is 15.5 Å². The highest BCUT2D eigenvalue weighted by atomic mass is 35.5. The molecule has 15 nitrogen and oxygen atoms in total.